The normalized spacial score (nSPS) is 15.1. The number of unbranched alkanes of at least 4 members (excludes halogenated alkanes) is 4. The molecule has 0 radical (unpaired) electrons. The number of nitrogens with zero attached hydrogens (tertiary/aromatic N) is 3. The minimum atomic E-state index is -1.76. The third kappa shape index (κ3) is 10.9. The first-order valence-corrected chi connectivity index (χ1v) is 19.1. The molecule has 10 nitrogen and oxygen atoms in total. The minimum Gasteiger partial charge on any atom is -0.494 e. The zero-order chi connectivity index (χ0) is 37.8. The molecule has 2 amide bonds. The summed E-state index contributed by atoms with van der Waals surface area (Å²) < 4.78 is 5.91. The van der Waals surface area contributed by atoms with E-state index in [9.17, 15) is 19.8 Å². The first-order valence-electron chi connectivity index (χ1n) is 19.1. The third-order valence-corrected chi connectivity index (χ3v) is 10.3. The molecule has 4 N–H and O–H groups in total. The Morgan fingerprint density at radius 1 is 0.868 bits per heavy atom. The van der Waals surface area contributed by atoms with E-state index in [1.165, 1.54) is 25.7 Å². The number of rotatable bonds is 18. The van der Waals surface area contributed by atoms with Gasteiger partial charge in [-0.1, -0.05) is 102 Å². The number of likely N-dealkylation sites (tertiary alicyclic amines) is 1. The van der Waals surface area contributed by atoms with Crippen LogP contribution in [0, 0.1) is 0 Å². The van der Waals surface area contributed by atoms with Crippen molar-refractivity contribution in [1.29, 1.82) is 0 Å². The molecule has 0 bridgehead atoms. The highest BCUT2D eigenvalue weighted by Gasteiger charge is 2.35. The molecule has 2 atom stereocenters. The molecule has 0 aliphatic carbocycles. The Morgan fingerprint density at radius 2 is 1.53 bits per heavy atom. The van der Waals surface area contributed by atoms with Gasteiger partial charge in [0.1, 0.15) is 11.8 Å². The highest BCUT2D eigenvalue weighted by atomic mass is 16.5. The lowest BCUT2D eigenvalue weighted by Crippen LogP contribution is -2.55. The molecule has 282 valence electrons. The summed E-state index contributed by atoms with van der Waals surface area (Å²) in [5.41, 5.74) is 5.17. The van der Waals surface area contributed by atoms with Gasteiger partial charge in [-0.15, -0.1) is 0 Å². The fourth-order valence-electron chi connectivity index (χ4n) is 6.59. The van der Waals surface area contributed by atoms with Gasteiger partial charge >= 0.3 is 0 Å². The van der Waals surface area contributed by atoms with Crippen molar-refractivity contribution in [3.63, 3.8) is 0 Å². The third-order valence-electron chi connectivity index (χ3n) is 10.3. The molecular formula is C43H55N5O5. The van der Waals surface area contributed by atoms with Crippen molar-refractivity contribution in [1.82, 2.24) is 25.5 Å². The van der Waals surface area contributed by atoms with E-state index in [0.29, 0.717) is 30.8 Å². The summed E-state index contributed by atoms with van der Waals surface area (Å²) >= 11 is 0. The average molecular weight is 722 g/mol. The van der Waals surface area contributed by atoms with E-state index in [1.54, 1.807) is 17.0 Å². The van der Waals surface area contributed by atoms with E-state index >= 15 is 0 Å². The van der Waals surface area contributed by atoms with Crippen LogP contribution in [0.2, 0.25) is 0 Å². The van der Waals surface area contributed by atoms with Gasteiger partial charge in [0.15, 0.2) is 5.82 Å². The molecule has 1 aromatic heterocycles. The van der Waals surface area contributed by atoms with Gasteiger partial charge in [-0.25, -0.2) is 15.3 Å². The molecule has 0 spiro atoms. The summed E-state index contributed by atoms with van der Waals surface area (Å²) in [4.78, 5) is 38.3. The first-order chi connectivity index (χ1) is 25.6. The summed E-state index contributed by atoms with van der Waals surface area (Å²) in [6.45, 7) is 9.86. The largest absolute Gasteiger partial charge is 0.494 e. The maximum Gasteiger partial charge on any atom is 0.251 e. The van der Waals surface area contributed by atoms with Crippen molar-refractivity contribution >= 4 is 11.8 Å². The standard InChI is InChI=1S/C43H55N5O5/c1-5-7-8-9-10-26-53-36-23-19-31(20-24-36)34-28-44-39(45-29-34)32-15-13-30(14-16-32)27-37(41(50)48-25-11-12-38(48)47-42(51)52)46-40(49)33-17-21-35(22-18-33)43(3,4)6-2/h13-24,28-29,37-38,42,47,51-52H,5-12,25-27H2,1-4H3,(H,46,49)/t37-,38-/m0/s1. The number of aromatic nitrogens is 2. The van der Waals surface area contributed by atoms with E-state index in [0.717, 1.165) is 53.0 Å². The number of nitrogens with one attached hydrogen (secondary N) is 2. The lowest BCUT2D eigenvalue weighted by Gasteiger charge is -2.30. The van der Waals surface area contributed by atoms with Crippen LogP contribution in [-0.4, -0.2) is 68.7 Å². The number of benzene rings is 3. The van der Waals surface area contributed by atoms with Gasteiger partial charge in [0, 0.05) is 42.0 Å². The predicted octanol–water partition coefficient (Wildman–Crippen LogP) is 6.99. The summed E-state index contributed by atoms with van der Waals surface area (Å²) in [7, 11) is 0. The Morgan fingerprint density at radius 3 is 2.17 bits per heavy atom. The minimum absolute atomic E-state index is 0.0174. The zero-order valence-electron chi connectivity index (χ0n) is 31.6. The Kier molecular flexibility index (Phi) is 14.1. The molecule has 53 heavy (non-hydrogen) atoms. The molecule has 1 aliphatic rings. The van der Waals surface area contributed by atoms with Crippen molar-refractivity contribution in [3.8, 4) is 28.3 Å². The number of ether oxygens (including phenoxy) is 1. The van der Waals surface area contributed by atoms with E-state index < -0.39 is 18.6 Å². The van der Waals surface area contributed by atoms with E-state index in [1.807, 2.05) is 73.1 Å². The van der Waals surface area contributed by atoms with E-state index in [-0.39, 0.29) is 23.7 Å². The van der Waals surface area contributed by atoms with Gasteiger partial charge in [-0.05, 0) is 72.1 Å². The van der Waals surface area contributed by atoms with Gasteiger partial charge in [0.25, 0.3) is 5.91 Å². The molecule has 5 rings (SSSR count). The fraction of sp³-hybridized carbons (Fsp3) is 0.442. The van der Waals surface area contributed by atoms with Crippen LogP contribution >= 0.6 is 0 Å². The lowest BCUT2D eigenvalue weighted by atomic mass is 9.82. The number of hydrogen-bond acceptors (Lipinski definition) is 8. The lowest BCUT2D eigenvalue weighted by molar-refractivity contribution is -0.138. The van der Waals surface area contributed by atoms with Crippen LogP contribution in [-0.2, 0) is 16.6 Å². The highest BCUT2D eigenvalue weighted by molar-refractivity contribution is 5.97. The van der Waals surface area contributed by atoms with E-state index in [4.69, 9.17) is 4.74 Å². The monoisotopic (exact) mass is 721 g/mol. The molecule has 10 heteroatoms. The zero-order valence-corrected chi connectivity index (χ0v) is 31.6. The molecular weight excluding hydrogens is 667 g/mol. The maximum atomic E-state index is 14.0. The van der Waals surface area contributed by atoms with Crippen LogP contribution in [0.1, 0.15) is 101 Å². The molecule has 0 unspecified atom stereocenters. The Labute approximate surface area is 314 Å². The second-order valence-electron chi connectivity index (χ2n) is 14.6. The fourth-order valence-corrected chi connectivity index (χ4v) is 6.59. The van der Waals surface area contributed by atoms with E-state index in [2.05, 4.69) is 48.3 Å². The van der Waals surface area contributed by atoms with Crippen LogP contribution in [0.5, 0.6) is 5.75 Å². The number of aliphatic hydroxyl groups is 2. The Bertz CT molecular complexity index is 1740. The Balaban J connectivity index is 1.25. The van der Waals surface area contributed by atoms with Crippen LogP contribution in [0.15, 0.2) is 85.2 Å². The quantitative estimate of drug-likeness (QED) is 0.0638. The van der Waals surface area contributed by atoms with Gasteiger partial charge in [0.05, 0.1) is 12.8 Å². The molecule has 2 heterocycles. The van der Waals surface area contributed by atoms with Crippen molar-refractivity contribution in [3.05, 3.63) is 102 Å². The van der Waals surface area contributed by atoms with Gasteiger partial charge < -0.3 is 25.2 Å². The van der Waals surface area contributed by atoms with Crippen molar-refractivity contribution in [2.24, 2.45) is 0 Å². The molecule has 0 saturated carbocycles. The molecule has 3 aromatic carbocycles. The van der Waals surface area contributed by atoms with Crippen molar-refractivity contribution in [2.75, 3.05) is 13.2 Å². The first kappa shape index (κ1) is 39.6. The number of aliphatic hydroxyl groups excluding tert-OH is 1. The number of carbonyl (C=O) groups excluding carboxylic acids is 2. The Hall–Kier alpha value is -4.64. The SMILES string of the molecule is CCCCCCCOc1ccc(-c2cnc(-c3ccc(C[C@H](NC(=O)c4ccc(C(C)(C)CC)cc4)C(=O)N4CCC[C@H]4NC(O)O)cc3)nc2)cc1. The van der Waals surface area contributed by atoms with Crippen LogP contribution < -0.4 is 15.4 Å². The topological polar surface area (TPSA) is 137 Å². The number of hydrogen-bond donors (Lipinski definition) is 4. The molecule has 1 fully saturated rings. The van der Waals surface area contributed by atoms with Crippen molar-refractivity contribution < 1.29 is 24.5 Å². The predicted molar refractivity (Wildman–Crippen MR) is 208 cm³/mol. The second-order valence-corrected chi connectivity index (χ2v) is 14.6. The second kappa shape index (κ2) is 18.9. The van der Waals surface area contributed by atoms with Gasteiger partial charge in [0.2, 0.25) is 12.3 Å². The van der Waals surface area contributed by atoms with Gasteiger partial charge in [-0.3, -0.25) is 9.59 Å². The summed E-state index contributed by atoms with van der Waals surface area (Å²) in [6.07, 6.45) is 9.83. The van der Waals surface area contributed by atoms with Gasteiger partial charge in [-0.2, -0.15) is 0 Å². The van der Waals surface area contributed by atoms with Crippen LogP contribution in [0.25, 0.3) is 22.5 Å². The van der Waals surface area contributed by atoms with Crippen LogP contribution in [0.4, 0.5) is 0 Å². The number of amides is 2. The average Bonchev–Trinajstić information content (AvgIpc) is 3.63. The molecule has 1 saturated heterocycles. The summed E-state index contributed by atoms with van der Waals surface area (Å²) in [6, 6.07) is 22.3. The maximum absolute atomic E-state index is 14.0. The summed E-state index contributed by atoms with van der Waals surface area (Å²) in [5.74, 6) is 0.798. The van der Waals surface area contributed by atoms with Crippen LogP contribution in [0.3, 0.4) is 0 Å². The highest BCUT2D eigenvalue weighted by Crippen LogP contribution is 2.27. The smallest absolute Gasteiger partial charge is 0.251 e. The van der Waals surface area contributed by atoms with Crippen molar-refractivity contribution in [2.45, 2.75) is 110 Å². The molecule has 4 aromatic rings. The molecule has 1 aliphatic heterocycles. The summed E-state index contributed by atoms with van der Waals surface area (Å²) in [5, 5.41) is 24.7. The number of carbonyl (C=O) groups is 2.